The summed E-state index contributed by atoms with van der Waals surface area (Å²) in [4.78, 5) is 0. The molecule has 2 rings (SSSR count). The van der Waals surface area contributed by atoms with Crippen LogP contribution in [0.1, 0.15) is 11.3 Å². The maximum Gasteiger partial charge on any atom is 0.141 e. The summed E-state index contributed by atoms with van der Waals surface area (Å²) >= 11 is 0. The quantitative estimate of drug-likeness (QED) is 0.692. The minimum atomic E-state index is 0.503. The minimum Gasteiger partial charge on any atom is -0.360 e. The summed E-state index contributed by atoms with van der Waals surface area (Å²) in [7, 11) is 0. The molecule has 3 nitrogen and oxygen atoms in total. The first-order valence-corrected chi connectivity index (χ1v) is 3.87. The molecule has 2 aromatic rings. The Bertz CT molecular complexity index is 406. The van der Waals surface area contributed by atoms with Gasteiger partial charge < -0.3 is 10.3 Å². The number of aryl methyl sites for hydroxylation is 1. The first kappa shape index (κ1) is 7.31. The summed E-state index contributed by atoms with van der Waals surface area (Å²) in [6.07, 6.45) is 0. The van der Waals surface area contributed by atoms with Crippen molar-refractivity contribution < 1.29 is 4.52 Å². The van der Waals surface area contributed by atoms with Gasteiger partial charge >= 0.3 is 0 Å². The Kier molecular flexibility index (Phi) is 1.59. The zero-order chi connectivity index (χ0) is 8.55. The van der Waals surface area contributed by atoms with Crippen molar-refractivity contribution in [2.24, 2.45) is 5.73 Å². The van der Waals surface area contributed by atoms with Gasteiger partial charge in [-0.1, -0.05) is 17.3 Å². The zero-order valence-electron chi connectivity index (χ0n) is 6.87. The van der Waals surface area contributed by atoms with E-state index in [1.807, 2.05) is 25.1 Å². The monoisotopic (exact) mass is 162 g/mol. The Morgan fingerprint density at radius 2 is 2.33 bits per heavy atom. The van der Waals surface area contributed by atoms with Crippen molar-refractivity contribution in [1.29, 1.82) is 0 Å². The fourth-order valence-electron chi connectivity index (χ4n) is 1.31. The van der Waals surface area contributed by atoms with Crippen LogP contribution in [0.15, 0.2) is 22.7 Å². The summed E-state index contributed by atoms with van der Waals surface area (Å²) in [6.45, 7) is 2.40. The Hall–Kier alpha value is -1.35. The van der Waals surface area contributed by atoms with E-state index in [0.29, 0.717) is 6.54 Å². The van der Waals surface area contributed by atoms with Gasteiger partial charge in [0.2, 0.25) is 0 Å². The van der Waals surface area contributed by atoms with Crippen molar-refractivity contribution in [2.75, 3.05) is 0 Å². The topological polar surface area (TPSA) is 52.0 Å². The summed E-state index contributed by atoms with van der Waals surface area (Å²) < 4.78 is 5.05. The van der Waals surface area contributed by atoms with Gasteiger partial charge in [0.15, 0.2) is 0 Å². The van der Waals surface area contributed by atoms with Gasteiger partial charge in [0, 0.05) is 11.9 Å². The number of benzene rings is 1. The van der Waals surface area contributed by atoms with E-state index in [1.54, 1.807) is 0 Å². The van der Waals surface area contributed by atoms with Crippen molar-refractivity contribution in [3.8, 4) is 0 Å². The summed E-state index contributed by atoms with van der Waals surface area (Å²) in [6, 6.07) is 5.92. The number of hydrogen-bond acceptors (Lipinski definition) is 3. The van der Waals surface area contributed by atoms with Gasteiger partial charge in [-0.05, 0) is 18.6 Å². The molecule has 0 atom stereocenters. The molecule has 0 saturated carbocycles. The lowest BCUT2D eigenvalue weighted by molar-refractivity contribution is 0.405. The molecule has 0 fully saturated rings. The molecule has 2 N–H and O–H groups in total. The van der Waals surface area contributed by atoms with E-state index in [-0.39, 0.29) is 0 Å². The zero-order valence-corrected chi connectivity index (χ0v) is 6.87. The number of aromatic nitrogens is 1. The van der Waals surface area contributed by atoms with Crippen LogP contribution in [0.5, 0.6) is 0 Å². The minimum absolute atomic E-state index is 0.503. The predicted octanol–water partition coefficient (Wildman–Crippen LogP) is 1.59. The second-order valence-corrected chi connectivity index (χ2v) is 2.76. The van der Waals surface area contributed by atoms with Crippen LogP contribution in [0.3, 0.4) is 0 Å². The molecule has 0 radical (unpaired) electrons. The van der Waals surface area contributed by atoms with Crippen LogP contribution in [-0.2, 0) is 6.54 Å². The van der Waals surface area contributed by atoms with Crippen molar-refractivity contribution in [3.63, 3.8) is 0 Å². The third kappa shape index (κ3) is 0.905. The molecule has 0 aliphatic heterocycles. The third-order valence-corrected chi connectivity index (χ3v) is 1.99. The van der Waals surface area contributed by atoms with E-state index in [2.05, 4.69) is 5.16 Å². The first-order valence-electron chi connectivity index (χ1n) is 3.87. The largest absolute Gasteiger partial charge is 0.360 e. The Morgan fingerprint density at radius 3 is 3.08 bits per heavy atom. The second-order valence-electron chi connectivity index (χ2n) is 2.76. The van der Waals surface area contributed by atoms with Crippen LogP contribution < -0.4 is 5.73 Å². The molecule has 0 saturated heterocycles. The highest BCUT2D eigenvalue weighted by Gasteiger charge is 2.05. The SMILES string of the molecule is Cc1onc2c(CN)cccc12. The van der Waals surface area contributed by atoms with E-state index in [0.717, 1.165) is 22.2 Å². The van der Waals surface area contributed by atoms with Gasteiger partial charge in [0.05, 0.1) is 0 Å². The van der Waals surface area contributed by atoms with Gasteiger partial charge in [0.1, 0.15) is 11.3 Å². The highest BCUT2D eigenvalue weighted by molar-refractivity contribution is 5.83. The smallest absolute Gasteiger partial charge is 0.141 e. The van der Waals surface area contributed by atoms with Gasteiger partial charge in [-0.25, -0.2) is 0 Å². The number of nitrogens with zero attached hydrogens (tertiary/aromatic N) is 1. The number of fused-ring (bicyclic) bond motifs is 1. The lowest BCUT2D eigenvalue weighted by Gasteiger charge is -1.94. The molecule has 1 aromatic carbocycles. The van der Waals surface area contributed by atoms with Gasteiger partial charge in [0.25, 0.3) is 0 Å². The van der Waals surface area contributed by atoms with Crippen LogP contribution in [0.4, 0.5) is 0 Å². The number of nitrogens with two attached hydrogens (primary N) is 1. The summed E-state index contributed by atoms with van der Waals surface area (Å²) in [5.74, 6) is 0.848. The average Bonchev–Trinajstić information content (AvgIpc) is 2.48. The van der Waals surface area contributed by atoms with E-state index in [4.69, 9.17) is 10.3 Å². The van der Waals surface area contributed by atoms with Gasteiger partial charge in [-0.15, -0.1) is 0 Å². The van der Waals surface area contributed by atoms with E-state index >= 15 is 0 Å². The van der Waals surface area contributed by atoms with Crippen LogP contribution >= 0.6 is 0 Å². The van der Waals surface area contributed by atoms with Gasteiger partial charge in [-0.2, -0.15) is 0 Å². The van der Waals surface area contributed by atoms with Crippen LogP contribution in [0, 0.1) is 6.92 Å². The van der Waals surface area contributed by atoms with Crippen molar-refractivity contribution >= 4 is 10.9 Å². The predicted molar refractivity (Wildman–Crippen MR) is 46.6 cm³/mol. The molecular weight excluding hydrogens is 152 g/mol. The van der Waals surface area contributed by atoms with E-state index in [9.17, 15) is 0 Å². The van der Waals surface area contributed by atoms with Gasteiger partial charge in [-0.3, -0.25) is 0 Å². The molecule has 1 heterocycles. The molecule has 0 unspecified atom stereocenters. The van der Waals surface area contributed by atoms with Crippen molar-refractivity contribution in [1.82, 2.24) is 5.16 Å². The lowest BCUT2D eigenvalue weighted by atomic mass is 10.1. The Labute approximate surface area is 70.1 Å². The standard InChI is InChI=1S/C9H10N2O/c1-6-8-4-2-3-7(5-10)9(8)11-12-6/h2-4H,5,10H2,1H3. The molecule has 12 heavy (non-hydrogen) atoms. The molecular formula is C9H10N2O. The lowest BCUT2D eigenvalue weighted by Crippen LogP contribution is -1.96. The maximum absolute atomic E-state index is 5.54. The number of rotatable bonds is 1. The fraction of sp³-hybridized carbons (Fsp3) is 0.222. The fourth-order valence-corrected chi connectivity index (χ4v) is 1.31. The number of hydrogen-bond donors (Lipinski definition) is 1. The molecule has 0 amide bonds. The molecule has 0 aliphatic rings. The van der Waals surface area contributed by atoms with Crippen molar-refractivity contribution in [3.05, 3.63) is 29.5 Å². The molecule has 0 spiro atoms. The van der Waals surface area contributed by atoms with Crippen LogP contribution in [0.25, 0.3) is 10.9 Å². The first-order chi connectivity index (χ1) is 5.83. The highest BCUT2D eigenvalue weighted by Crippen LogP contribution is 2.20. The molecule has 62 valence electrons. The van der Waals surface area contributed by atoms with E-state index in [1.165, 1.54) is 0 Å². The Morgan fingerprint density at radius 1 is 1.50 bits per heavy atom. The average molecular weight is 162 g/mol. The summed E-state index contributed by atoms with van der Waals surface area (Å²) in [5.41, 5.74) is 7.46. The highest BCUT2D eigenvalue weighted by atomic mass is 16.5. The summed E-state index contributed by atoms with van der Waals surface area (Å²) in [5, 5.41) is 4.99. The normalized spacial score (nSPS) is 10.8. The second kappa shape index (κ2) is 2.60. The van der Waals surface area contributed by atoms with Crippen LogP contribution in [-0.4, -0.2) is 5.16 Å². The molecule has 1 aromatic heterocycles. The third-order valence-electron chi connectivity index (χ3n) is 1.99. The van der Waals surface area contributed by atoms with Crippen molar-refractivity contribution in [2.45, 2.75) is 13.5 Å². The molecule has 3 heteroatoms. The maximum atomic E-state index is 5.54. The molecule has 0 aliphatic carbocycles. The van der Waals surface area contributed by atoms with E-state index < -0.39 is 0 Å². The molecule has 0 bridgehead atoms. The van der Waals surface area contributed by atoms with Crippen LogP contribution in [0.2, 0.25) is 0 Å². The Balaban J connectivity index is 2.81.